The molecule has 0 atom stereocenters. The minimum atomic E-state index is 0.650. The van der Waals surface area contributed by atoms with Crippen LogP contribution in [0, 0.1) is 0 Å². The van der Waals surface area contributed by atoms with Gasteiger partial charge in [-0.15, -0.1) is 0 Å². The third kappa shape index (κ3) is 2.93. The second-order valence-electron chi connectivity index (χ2n) is 4.23. The Morgan fingerprint density at radius 3 is 2.53 bits per heavy atom. The SMILES string of the molecule is CN(NC1CCCCC1)c1ccncc1. The molecule has 1 N–H and O–H groups in total. The topological polar surface area (TPSA) is 28.2 Å². The number of anilines is 1. The van der Waals surface area contributed by atoms with Gasteiger partial charge in [0.25, 0.3) is 0 Å². The van der Waals surface area contributed by atoms with Crippen molar-refractivity contribution in [2.75, 3.05) is 12.1 Å². The second-order valence-corrected chi connectivity index (χ2v) is 4.23. The van der Waals surface area contributed by atoms with E-state index in [-0.39, 0.29) is 0 Å². The third-order valence-corrected chi connectivity index (χ3v) is 3.03. The summed E-state index contributed by atoms with van der Waals surface area (Å²) < 4.78 is 0. The fourth-order valence-electron chi connectivity index (χ4n) is 2.15. The molecule has 1 heterocycles. The maximum absolute atomic E-state index is 4.02. The van der Waals surface area contributed by atoms with Gasteiger partial charge in [-0.2, -0.15) is 0 Å². The standard InChI is InChI=1S/C12H19N3/c1-15(12-7-9-13-10-8-12)14-11-5-3-2-4-6-11/h7-11,14H,2-6H2,1H3. The van der Waals surface area contributed by atoms with Crippen molar-refractivity contribution < 1.29 is 0 Å². The maximum Gasteiger partial charge on any atom is 0.0547 e. The fraction of sp³-hybridized carbons (Fsp3) is 0.583. The lowest BCUT2D eigenvalue weighted by molar-refractivity contribution is 0.371. The van der Waals surface area contributed by atoms with Gasteiger partial charge in [0.05, 0.1) is 5.69 Å². The zero-order chi connectivity index (χ0) is 10.5. The highest BCUT2D eigenvalue weighted by Crippen LogP contribution is 2.18. The molecule has 3 nitrogen and oxygen atoms in total. The molecular formula is C12H19N3. The highest BCUT2D eigenvalue weighted by molar-refractivity contribution is 5.42. The summed E-state index contributed by atoms with van der Waals surface area (Å²) in [5.41, 5.74) is 4.72. The summed E-state index contributed by atoms with van der Waals surface area (Å²) in [6.07, 6.45) is 10.4. The number of nitrogens with zero attached hydrogens (tertiary/aromatic N) is 2. The Hall–Kier alpha value is -1.09. The minimum Gasteiger partial charge on any atom is -0.311 e. The number of hydrogen-bond donors (Lipinski definition) is 1. The van der Waals surface area contributed by atoms with Gasteiger partial charge in [0.1, 0.15) is 0 Å². The van der Waals surface area contributed by atoms with Crippen molar-refractivity contribution in [3.8, 4) is 0 Å². The number of aromatic nitrogens is 1. The summed E-state index contributed by atoms with van der Waals surface area (Å²) in [5.74, 6) is 0. The smallest absolute Gasteiger partial charge is 0.0547 e. The number of nitrogens with one attached hydrogen (secondary N) is 1. The van der Waals surface area contributed by atoms with E-state index in [9.17, 15) is 0 Å². The second kappa shape index (κ2) is 5.12. The van der Waals surface area contributed by atoms with Gasteiger partial charge in [0, 0.05) is 25.5 Å². The molecule has 0 aromatic carbocycles. The van der Waals surface area contributed by atoms with Gasteiger partial charge in [-0.1, -0.05) is 19.3 Å². The first kappa shape index (κ1) is 10.4. The van der Waals surface area contributed by atoms with Crippen LogP contribution in [0.1, 0.15) is 32.1 Å². The van der Waals surface area contributed by atoms with Crippen LogP contribution in [0.2, 0.25) is 0 Å². The number of hydrazine groups is 1. The molecule has 1 fully saturated rings. The van der Waals surface area contributed by atoms with Crippen LogP contribution in [-0.2, 0) is 0 Å². The van der Waals surface area contributed by atoms with Crippen LogP contribution >= 0.6 is 0 Å². The van der Waals surface area contributed by atoms with Gasteiger partial charge >= 0.3 is 0 Å². The Bertz CT molecular complexity index is 280. The monoisotopic (exact) mass is 205 g/mol. The van der Waals surface area contributed by atoms with Crippen LogP contribution < -0.4 is 10.4 Å². The lowest BCUT2D eigenvalue weighted by Crippen LogP contribution is -2.43. The Morgan fingerprint density at radius 2 is 1.87 bits per heavy atom. The predicted molar refractivity (Wildman–Crippen MR) is 62.6 cm³/mol. The van der Waals surface area contributed by atoms with Gasteiger partial charge in [0.15, 0.2) is 0 Å². The van der Waals surface area contributed by atoms with Crippen LogP contribution in [-0.4, -0.2) is 18.1 Å². The van der Waals surface area contributed by atoms with Gasteiger partial charge in [0.2, 0.25) is 0 Å². The van der Waals surface area contributed by atoms with Crippen LogP contribution in [0.15, 0.2) is 24.5 Å². The molecule has 82 valence electrons. The van der Waals surface area contributed by atoms with E-state index in [0.29, 0.717) is 6.04 Å². The molecule has 15 heavy (non-hydrogen) atoms. The number of hydrogen-bond acceptors (Lipinski definition) is 3. The zero-order valence-corrected chi connectivity index (χ0v) is 9.32. The summed E-state index contributed by atoms with van der Waals surface area (Å²) in [4.78, 5) is 4.02. The quantitative estimate of drug-likeness (QED) is 0.768. The first-order chi connectivity index (χ1) is 7.36. The van der Waals surface area contributed by atoms with Gasteiger partial charge in [-0.3, -0.25) is 4.98 Å². The van der Waals surface area contributed by atoms with E-state index in [4.69, 9.17) is 0 Å². The van der Waals surface area contributed by atoms with E-state index in [1.807, 2.05) is 24.5 Å². The van der Waals surface area contributed by atoms with Crippen LogP contribution in [0.3, 0.4) is 0 Å². The van der Waals surface area contributed by atoms with E-state index in [0.717, 1.165) is 0 Å². The largest absolute Gasteiger partial charge is 0.311 e. The summed E-state index contributed by atoms with van der Waals surface area (Å²) >= 11 is 0. The van der Waals surface area contributed by atoms with Crippen LogP contribution in [0.25, 0.3) is 0 Å². The highest BCUT2D eigenvalue weighted by atomic mass is 15.5. The van der Waals surface area contributed by atoms with Crippen LogP contribution in [0.4, 0.5) is 5.69 Å². The summed E-state index contributed by atoms with van der Waals surface area (Å²) in [6, 6.07) is 4.70. The van der Waals surface area contributed by atoms with Crippen molar-refractivity contribution in [2.24, 2.45) is 0 Å². The Morgan fingerprint density at radius 1 is 1.20 bits per heavy atom. The molecule has 1 saturated carbocycles. The minimum absolute atomic E-state index is 0.650. The molecule has 1 aliphatic rings. The molecule has 1 aromatic rings. The van der Waals surface area contributed by atoms with Gasteiger partial charge in [-0.25, -0.2) is 5.43 Å². The highest BCUT2D eigenvalue weighted by Gasteiger charge is 2.14. The molecule has 0 amide bonds. The van der Waals surface area contributed by atoms with Gasteiger partial charge in [-0.05, 0) is 25.0 Å². The Labute approximate surface area is 91.5 Å². The molecule has 0 spiro atoms. The van der Waals surface area contributed by atoms with Crippen molar-refractivity contribution >= 4 is 5.69 Å². The summed E-state index contributed by atoms with van der Waals surface area (Å²) in [5, 5.41) is 2.11. The molecule has 3 heteroatoms. The molecule has 1 aliphatic carbocycles. The van der Waals surface area contributed by atoms with E-state index in [1.165, 1.54) is 37.8 Å². The lowest BCUT2D eigenvalue weighted by Gasteiger charge is -2.29. The molecule has 0 unspecified atom stereocenters. The van der Waals surface area contributed by atoms with Crippen molar-refractivity contribution in [1.29, 1.82) is 0 Å². The lowest BCUT2D eigenvalue weighted by atomic mass is 9.96. The first-order valence-corrected chi connectivity index (χ1v) is 5.76. The van der Waals surface area contributed by atoms with Gasteiger partial charge < -0.3 is 5.01 Å². The third-order valence-electron chi connectivity index (χ3n) is 3.03. The normalized spacial score (nSPS) is 17.7. The molecule has 2 rings (SSSR count). The molecule has 0 aliphatic heterocycles. The van der Waals surface area contributed by atoms with E-state index >= 15 is 0 Å². The maximum atomic E-state index is 4.02. The number of rotatable bonds is 3. The average molecular weight is 205 g/mol. The molecule has 0 radical (unpaired) electrons. The van der Waals surface area contributed by atoms with Crippen molar-refractivity contribution in [1.82, 2.24) is 10.4 Å². The van der Waals surface area contributed by atoms with E-state index in [1.54, 1.807) is 0 Å². The van der Waals surface area contributed by atoms with E-state index < -0.39 is 0 Å². The first-order valence-electron chi connectivity index (χ1n) is 5.76. The zero-order valence-electron chi connectivity index (χ0n) is 9.32. The Kier molecular flexibility index (Phi) is 3.56. The van der Waals surface area contributed by atoms with Crippen molar-refractivity contribution in [3.63, 3.8) is 0 Å². The van der Waals surface area contributed by atoms with E-state index in [2.05, 4.69) is 22.5 Å². The number of pyridine rings is 1. The molecular weight excluding hydrogens is 186 g/mol. The van der Waals surface area contributed by atoms with Crippen molar-refractivity contribution in [3.05, 3.63) is 24.5 Å². The van der Waals surface area contributed by atoms with Crippen LogP contribution in [0.5, 0.6) is 0 Å². The molecule has 0 saturated heterocycles. The average Bonchev–Trinajstić information content (AvgIpc) is 2.31. The molecule has 0 bridgehead atoms. The summed E-state index contributed by atoms with van der Waals surface area (Å²) in [7, 11) is 2.07. The van der Waals surface area contributed by atoms with Crippen molar-refractivity contribution in [2.45, 2.75) is 38.1 Å². The Balaban J connectivity index is 1.88. The summed E-state index contributed by atoms with van der Waals surface area (Å²) in [6.45, 7) is 0. The predicted octanol–water partition coefficient (Wildman–Crippen LogP) is 2.36. The fourth-order valence-corrected chi connectivity index (χ4v) is 2.15. The molecule has 1 aromatic heterocycles.